The molecule has 1 aromatic heterocycles. The Kier molecular flexibility index (Phi) is 2.42. The molecule has 0 fully saturated rings. The van der Waals surface area contributed by atoms with E-state index in [1.165, 1.54) is 0 Å². The Balaban J connectivity index is 2.65. The molecule has 5 heteroatoms. The number of hydrogen-bond acceptors (Lipinski definition) is 4. The highest BCUT2D eigenvalue weighted by Gasteiger charge is 2.12. The van der Waals surface area contributed by atoms with Crippen LogP contribution in [0.5, 0.6) is 0 Å². The predicted octanol–water partition coefficient (Wildman–Crippen LogP) is 0.516. The second kappa shape index (κ2) is 3.34. The van der Waals surface area contributed by atoms with Crippen LogP contribution in [0, 0.1) is 6.92 Å². The van der Waals surface area contributed by atoms with Gasteiger partial charge in [-0.2, -0.15) is 4.98 Å². The van der Waals surface area contributed by atoms with E-state index in [4.69, 9.17) is 0 Å². The van der Waals surface area contributed by atoms with Crippen molar-refractivity contribution in [1.29, 1.82) is 0 Å². The van der Waals surface area contributed by atoms with Crippen molar-refractivity contribution in [2.75, 3.05) is 0 Å². The first-order chi connectivity index (χ1) is 5.59. The molecular weight excluding hydrogens is 158 g/mol. The number of rotatable bonds is 2. The molecule has 0 aliphatic heterocycles. The number of nitrogens with one attached hydrogen (secondary N) is 1. The molecule has 0 spiro atoms. The Morgan fingerprint density at radius 2 is 2.25 bits per heavy atom. The van der Waals surface area contributed by atoms with Gasteiger partial charge in [-0.15, -0.1) is 0 Å². The predicted molar refractivity (Wildman–Crippen MR) is 41.6 cm³/mol. The number of aromatic nitrogens is 2. The molecule has 0 aliphatic carbocycles. The molecule has 0 saturated heterocycles. The molecule has 1 aromatic rings. The van der Waals surface area contributed by atoms with Crippen LogP contribution in [0.1, 0.15) is 30.4 Å². The smallest absolute Gasteiger partial charge is 0.292 e. The molecule has 0 bridgehead atoms. The summed E-state index contributed by atoms with van der Waals surface area (Å²) in [4.78, 5) is 14.9. The number of aryl methyl sites for hydroxylation is 1. The fourth-order valence-corrected chi connectivity index (χ4v) is 0.718. The van der Waals surface area contributed by atoms with E-state index in [9.17, 15) is 4.79 Å². The van der Waals surface area contributed by atoms with Gasteiger partial charge in [0, 0.05) is 13.0 Å². The van der Waals surface area contributed by atoms with E-state index >= 15 is 0 Å². The molecule has 0 saturated carbocycles. The van der Waals surface area contributed by atoms with Crippen molar-refractivity contribution in [3.8, 4) is 0 Å². The van der Waals surface area contributed by atoms with Gasteiger partial charge in [-0.05, 0) is 13.8 Å². The highest BCUT2D eigenvalue weighted by atomic mass is 16.5. The van der Waals surface area contributed by atoms with Gasteiger partial charge >= 0.3 is 0 Å². The Hall–Kier alpha value is -1.39. The molecule has 1 rings (SSSR count). The fourth-order valence-electron chi connectivity index (χ4n) is 0.718. The number of carbonyl (C=O) groups excluding carboxylic acids is 1. The Morgan fingerprint density at radius 3 is 2.67 bits per heavy atom. The van der Waals surface area contributed by atoms with E-state index in [-0.39, 0.29) is 17.8 Å². The van der Waals surface area contributed by atoms with Gasteiger partial charge in [0.1, 0.15) is 0 Å². The van der Waals surface area contributed by atoms with Crippen LogP contribution in [0.3, 0.4) is 0 Å². The normalized spacial score (nSPS) is 10.3. The van der Waals surface area contributed by atoms with Gasteiger partial charge < -0.3 is 9.84 Å². The first kappa shape index (κ1) is 8.70. The van der Waals surface area contributed by atoms with Gasteiger partial charge in [0.25, 0.3) is 11.7 Å². The summed E-state index contributed by atoms with van der Waals surface area (Å²) in [6.07, 6.45) is 0. The van der Waals surface area contributed by atoms with Crippen LogP contribution in [-0.4, -0.2) is 22.1 Å². The van der Waals surface area contributed by atoms with Crippen molar-refractivity contribution in [2.24, 2.45) is 0 Å². The molecule has 0 atom stereocenters. The number of carbonyl (C=O) groups is 1. The minimum absolute atomic E-state index is 0.0799. The number of hydrogen-bond donors (Lipinski definition) is 1. The molecule has 0 unspecified atom stereocenters. The molecular formula is C7H11N3O2. The lowest BCUT2D eigenvalue weighted by Crippen LogP contribution is -2.30. The maximum atomic E-state index is 11.2. The van der Waals surface area contributed by atoms with Crippen LogP contribution in [0.25, 0.3) is 0 Å². The SMILES string of the molecule is Cc1nc(C(=O)NC(C)C)no1. The Morgan fingerprint density at radius 1 is 1.58 bits per heavy atom. The van der Waals surface area contributed by atoms with Gasteiger partial charge in [-0.3, -0.25) is 4.79 Å². The summed E-state index contributed by atoms with van der Waals surface area (Å²) in [7, 11) is 0. The maximum Gasteiger partial charge on any atom is 0.292 e. The zero-order chi connectivity index (χ0) is 9.14. The monoisotopic (exact) mass is 169 g/mol. The molecule has 0 aliphatic rings. The minimum atomic E-state index is -0.304. The number of amides is 1. The van der Waals surface area contributed by atoms with Crippen LogP contribution in [0.4, 0.5) is 0 Å². The van der Waals surface area contributed by atoms with Gasteiger partial charge in [0.05, 0.1) is 0 Å². The van der Waals surface area contributed by atoms with Crippen LogP contribution in [-0.2, 0) is 0 Å². The first-order valence-corrected chi connectivity index (χ1v) is 3.71. The fraction of sp³-hybridized carbons (Fsp3) is 0.571. The van der Waals surface area contributed by atoms with Gasteiger partial charge in [-0.1, -0.05) is 5.16 Å². The van der Waals surface area contributed by atoms with E-state index in [1.807, 2.05) is 13.8 Å². The molecule has 66 valence electrons. The maximum absolute atomic E-state index is 11.2. The highest BCUT2D eigenvalue weighted by molar-refractivity contribution is 5.90. The summed E-state index contributed by atoms with van der Waals surface area (Å²) in [5.41, 5.74) is 0. The van der Waals surface area contributed by atoms with Crippen LogP contribution < -0.4 is 5.32 Å². The minimum Gasteiger partial charge on any atom is -0.347 e. The molecule has 12 heavy (non-hydrogen) atoms. The average Bonchev–Trinajstić information content (AvgIpc) is 2.34. The van der Waals surface area contributed by atoms with Crippen molar-refractivity contribution < 1.29 is 9.32 Å². The van der Waals surface area contributed by atoms with E-state index in [2.05, 4.69) is 20.0 Å². The molecule has 0 radical (unpaired) electrons. The average molecular weight is 169 g/mol. The Labute approximate surface area is 70.2 Å². The summed E-state index contributed by atoms with van der Waals surface area (Å²) >= 11 is 0. The van der Waals surface area contributed by atoms with Crippen molar-refractivity contribution in [1.82, 2.24) is 15.5 Å². The van der Waals surface area contributed by atoms with Crippen molar-refractivity contribution >= 4 is 5.91 Å². The highest BCUT2D eigenvalue weighted by Crippen LogP contribution is 1.94. The van der Waals surface area contributed by atoms with Crippen molar-refractivity contribution in [3.63, 3.8) is 0 Å². The molecule has 5 nitrogen and oxygen atoms in total. The third-order valence-corrected chi connectivity index (χ3v) is 1.15. The van der Waals surface area contributed by atoms with E-state index in [0.29, 0.717) is 5.89 Å². The summed E-state index contributed by atoms with van der Waals surface area (Å²) < 4.78 is 4.65. The van der Waals surface area contributed by atoms with E-state index in [1.54, 1.807) is 6.92 Å². The topological polar surface area (TPSA) is 68.0 Å². The number of nitrogens with zero attached hydrogens (tertiary/aromatic N) is 2. The summed E-state index contributed by atoms with van der Waals surface area (Å²) in [6, 6.07) is 0.0799. The van der Waals surface area contributed by atoms with Gasteiger partial charge in [0.15, 0.2) is 0 Å². The Bertz CT molecular complexity index is 280. The van der Waals surface area contributed by atoms with Gasteiger partial charge in [0.2, 0.25) is 5.89 Å². The second-order valence-electron chi connectivity index (χ2n) is 2.77. The van der Waals surface area contributed by atoms with Crippen LogP contribution in [0.2, 0.25) is 0 Å². The lowest BCUT2D eigenvalue weighted by molar-refractivity contribution is 0.0929. The molecule has 1 N–H and O–H groups in total. The lowest BCUT2D eigenvalue weighted by Gasteiger charge is -2.03. The van der Waals surface area contributed by atoms with Crippen LogP contribution in [0.15, 0.2) is 4.52 Å². The van der Waals surface area contributed by atoms with Crippen molar-refractivity contribution in [3.05, 3.63) is 11.7 Å². The zero-order valence-corrected chi connectivity index (χ0v) is 7.29. The van der Waals surface area contributed by atoms with Crippen LogP contribution >= 0.6 is 0 Å². The largest absolute Gasteiger partial charge is 0.347 e. The summed E-state index contributed by atoms with van der Waals surface area (Å²) in [5.74, 6) is 0.173. The molecule has 1 amide bonds. The van der Waals surface area contributed by atoms with Gasteiger partial charge in [-0.25, -0.2) is 0 Å². The first-order valence-electron chi connectivity index (χ1n) is 3.71. The standard InChI is InChI=1S/C7H11N3O2/c1-4(2)8-7(11)6-9-5(3)12-10-6/h4H,1-3H3,(H,8,11). The quantitative estimate of drug-likeness (QED) is 0.700. The second-order valence-corrected chi connectivity index (χ2v) is 2.77. The third kappa shape index (κ3) is 2.05. The molecule has 0 aromatic carbocycles. The zero-order valence-electron chi connectivity index (χ0n) is 7.29. The third-order valence-electron chi connectivity index (χ3n) is 1.15. The molecule has 1 heterocycles. The van der Waals surface area contributed by atoms with E-state index in [0.717, 1.165) is 0 Å². The summed E-state index contributed by atoms with van der Waals surface area (Å²) in [5, 5.41) is 6.12. The van der Waals surface area contributed by atoms with E-state index < -0.39 is 0 Å². The summed E-state index contributed by atoms with van der Waals surface area (Å²) in [6.45, 7) is 5.37. The van der Waals surface area contributed by atoms with Crippen molar-refractivity contribution in [2.45, 2.75) is 26.8 Å². The lowest BCUT2D eigenvalue weighted by atomic mass is 10.4.